The molecule has 1 fully saturated rings. The van der Waals surface area contributed by atoms with Gasteiger partial charge in [-0.1, -0.05) is 88.7 Å². The number of amides is 1. The fourth-order valence-electron chi connectivity index (χ4n) is 4.20. The van der Waals surface area contributed by atoms with Crippen LogP contribution in [0.5, 0.6) is 0 Å². The maximum Gasteiger partial charge on any atom is 0.223 e. The lowest BCUT2D eigenvalue weighted by Gasteiger charge is -2.34. The highest BCUT2D eigenvalue weighted by atomic mass is 79.9. The van der Waals surface area contributed by atoms with Crippen LogP contribution in [0.15, 0.2) is 103 Å². The second-order valence-corrected chi connectivity index (χ2v) is 9.26. The number of hydrogen-bond donors (Lipinski definition) is 0. The molecule has 3 aromatic rings. The average Bonchev–Trinajstić information content (AvgIpc) is 2.93. The summed E-state index contributed by atoms with van der Waals surface area (Å²) >= 11 is 3.37. The number of piperidine rings is 1. The van der Waals surface area contributed by atoms with Gasteiger partial charge in [-0.2, -0.15) is 0 Å². The monoisotopic (exact) mass is 533 g/mol. The van der Waals surface area contributed by atoms with Gasteiger partial charge in [-0.25, -0.2) is 0 Å². The summed E-state index contributed by atoms with van der Waals surface area (Å²) in [6.07, 6.45) is 2.04. The molecular formula is C30H32BrNO3. The minimum Gasteiger partial charge on any atom is -0.365 e. The molecule has 3 aromatic carbocycles. The molecule has 0 N–H and O–H groups in total. The molecule has 0 aromatic heterocycles. The first kappa shape index (κ1) is 26.6. The first-order valence-electron chi connectivity index (χ1n) is 11.9. The van der Waals surface area contributed by atoms with Crippen molar-refractivity contribution in [1.82, 2.24) is 4.90 Å². The molecule has 1 aliphatic heterocycles. The summed E-state index contributed by atoms with van der Waals surface area (Å²) in [5.41, 5.74) is 2.91. The maximum atomic E-state index is 12.7. The van der Waals surface area contributed by atoms with E-state index in [-0.39, 0.29) is 36.7 Å². The summed E-state index contributed by atoms with van der Waals surface area (Å²) in [7, 11) is 0. The topological polar surface area (TPSA) is 46.6 Å². The van der Waals surface area contributed by atoms with Gasteiger partial charge in [0.25, 0.3) is 0 Å². The van der Waals surface area contributed by atoms with E-state index < -0.39 is 0 Å². The molecule has 182 valence electrons. The molecule has 0 saturated carbocycles. The van der Waals surface area contributed by atoms with Crippen LogP contribution in [0, 0.1) is 0 Å². The van der Waals surface area contributed by atoms with Gasteiger partial charge in [-0.05, 0) is 36.1 Å². The molecule has 4 rings (SSSR count). The van der Waals surface area contributed by atoms with Crippen LogP contribution in [0.25, 0.3) is 0 Å². The Morgan fingerprint density at radius 1 is 0.829 bits per heavy atom. The summed E-state index contributed by atoms with van der Waals surface area (Å²) in [5, 5.41) is 0. The van der Waals surface area contributed by atoms with Crippen LogP contribution in [0.4, 0.5) is 0 Å². The first-order valence-corrected chi connectivity index (χ1v) is 12.7. The number of Topliss-reactive ketones (excluding diaryl/α,β-unsaturated/α-hetero) is 1. The Balaban J connectivity index is 0.00000167. The summed E-state index contributed by atoms with van der Waals surface area (Å²) in [6, 6.07) is 27.8. The van der Waals surface area contributed by atoms with Gasteiger partial charge in [0.15, 0.2) is 5.78 Å². The molecule has 4 nitrogen and oxygen atoms in total. The molecule has 0 bridgehead atoms. The lowest BCUT2D eigenvalue weighted by molar-refractivity contribution is -0.134. The van der Waals surface area contributed by atoms with Gasteiger partial charge in [0.05, 0.1) is 6.10 Å². The number of likely N-dealkylation sites (tertiary alicyclic amines) is 1. The van der Waals surface area contributed by atoms with Crippen LogP contribution < -0.4 is 0 Å². The summed E-state index contributed by atoms with van der Waals surface area (Å²) in [4.78, 5) is 26.9. The number of carbonyl (C=O) groups excluding carboxylic acids is 2. The molecule has 0 atom stereocenters. The van der Waals surface area contributed by atoms with Crippen molar-refractivity contribution in [2.75, 3.05) is 13.1 Å². The predicted molar refractivity (Wildman–Crippen MR) is 144 cm³/mol. The van der Waals surface area contributed by atoms with Gasteiger partial charge in [0.2, 0.25) is 5.91 Å². The SMILES string of the molecule is C=C.O=C(CCC(=O)N1CCC(OC(c2ccccc2)c2ccccc2)CC1)c1ccc(Br)cc1. The van der Waals surface area contributed by atoms with Crippen molar-refractivity contribution in [1.29, 1.82) is 0 Å². The number of benzene rings is 3. The van der Waals surface area contributed by atoms with Crippen molar-refractivity contribution < 1.29 is 14.3 Å². The molecule has 1 saturated heterocycles. The van der Waals surface area contributed by atoms with Crippen LogP contribution in [-0.2, 0) is 9.53 Å². The van der Waals surface area contributed by atoms with Crippen molar-refractivity contribution >= 4 is 27.6 Å². The molecule has 0 aliphatic carbocycles. The van der Waals surface area contributed by atoms with Gasteiger partial charge in [-0.3, -0.25) is 9.59 Å². The molecule has 0 spiro atoms. The number of ether oxygens (including phenoxy) is 1. The smallest absolute Gasteiger partial charge is 0.223 e. The van der Waals surface area contributed by atoms with E-state index in [1.807, 2.05) is 53.4 Å². The number of hydrogen-bond acceptors (Lipinski definition) is 3. The maximum absolute atomic E-state index is 12.7. The Kier molecular flexibility index (Phi) is 10.5. The standard InChI is InChI=1S/C28H28BrNO3.C2H4/c29-24-13-11-21(12-14-24)26(31)15-16-27(32)30-19-17-25(18-20-30)33-28(22-7-3-1-4-8-22)23-9-5-2-6-10-23;1-2/h1-14,25,28H,15-20H2;1-2H2. The van der Waals surface area contributed by atoms with Crippen molar-refractivity contribution in [3.05, 3.63) is 119 Å². The number of rotatable bonds is 8. The predicted octanol–water partition coefficient (Wildman–Crippen LogP) is 7.01. The number of ketones is 1. The van der Waals surface area contributed by atoms with E-state index in [1.165, 1.54) is 0 Å². The number of halogens is 1. The Morgan fingerprint density at radius 3 is 1.86 bits per heavy atom. The van der Waals surface area contributed by atoms with Crippen LogP contribution in [-0.4, -0.2) is 35.8 Å². The Bertz CT molecular complexity index is 1020. The lowest BCUT2D eigenvalue weighted by atomic mass is 10.00. The molecule has 5 heteroatoms. The molecule has 0 radical (unpaired) electrons. The van der Waals surface area contributed by atoms with Crippen molar-refractivity contribution in [3.8, 4) is 0 Å². The quantitative estimate of drug-likeness (QED) is 0.231. The summed E-state index contributed by atoms with van der Waals surface area (Å²) < 4.78 is 7.49. The highest BCUT2D eigenvalue weighted by Crippen LogP contribution is 2.30. The molecule has 1 heterocycles. The summed E-state index contributed by atoms with van der Waals surface area (Å²) in [6.45, 7) is 7.32. The van der Waals surface area contributed by atoms with E-state index in [1.54, 1.807) is 12.1 Å². The molecule has 1 amide bonds. The van der Waals surface area contributed by atoms with E-state index in [2.05, 4.69) is 53.4 Å². The van der Waals surface area contributed by atoms with Crippen LogP contribution >= 0.6 is 15.9 Å². The zero-order valence-electron chi connectivity index (χ0n) is 19.9. The van der Waals surface area contributed by atoms with E-state index in [0.29, 0.717) is 18.7 Å². The van der Waals surface area contributed by atoms with Gasteiger partial charge in [-0.15, -0.1) is 13.2 Å². The fourth-order valence-corrected chi connectivity index (χ4v) is 4.46. The van der Waals surface area contributed by atoms with Crippen LogP contribution in [0.1, 0.15) is 53.3 Å². The molecular weight excluding hydrogens is 502 g/mol. The average molecular weight is 534 g/mol. The third-order valence-corrected chi connectivity index (χ3v) is 6.59. The van der Waals surface area contributed by atoms with E-state index >= 15 is 0 Å². The van der Waals surface area contributed by atoms with Crippen LogP contribution in [0.2, 0.25) is 0 Å². The third kappa shape index (κ3) is 7.74. The van der Waals surface area contributed by atoms with Crippen molar-refractivity contribution in [2.24, 2.45) is 0 Å². The Labute approximate surface area is 216 Å². The van der Waals surface area contributed by atoms with Crippen LogP contribution in [0.3, 0.4) is 0 Å². The fraction of sp³-hybridized carbons (Fsp3) is 0.267. The summed E-state index contributed by atoms with van der Waals surface area (Å²) in [5.74, 6) is 0.0456. The van der Waals surface area contributed by atoms with Gasteiger partial charge in [0, 0.05) is 36.0 Å². The second-order valence-electron chi connectivity index (χ2n) is 8.35. The van der Waals surface area contributed by atoms with E-state index in [4.69, 9.17) is 4.74 Å². The number of carbonyl (C=O) groups is 2. The Hall–Kier alpha value is -3.02. The van der Waals surface area contributed by atoms with Gasteiger partial charge in [0.1, 0.15) is 6.10 Å². The normalized spacial score (nSPS) is 13.7. The number of nitrogens with zero attached hydrogens (tertiary/aromatic N) is 1. The van der Waals surface area contributed by atoms with Crippen molar-refractivity contribution in [3.63, 3.8) is 0 Å². The van der Waals surface area contributed by atoms with Gasteiger partial charge >= 0.3 is 0 Å². The van der Waals surface area contributed by atoms with Gasteiger partial charge < -0.3 is 9.64 Å². The molecule has 1 aliphatic rings. The highest BCUT2D eigenvalue weighted by Gasteiger charge is 2.27. The minimum atomic E-state index is -0.122. The Morgan fingerprint density at radius 2 is 1.34 bits per heavy atom. The zero-order valence-corrected chi connectivity index (χ0v) is 21.5. The second kappa shape index (κ2) is 13.8. The van der Waals surface area contributed by atoms with E-state index in [0.717, 1.165) is 28.4 Å². The third-order valence-electron chi connectivity index (χ3n) is 6.06. The zero-order chi connectivity index (χ0) is 25.0. The molecule has 0 unspecified atom stereocenters. The highest BCUT2D eigenvalue weighted by molar-refractivity contribution is 9.10. The van der Waals surface area contributed by atoms with Crippen molar-refractivity contribution in [2.45, 2.75) is 37.9 Å². The van der Waals surface area contributed by atoms with E-state index in [9.17, 15) is 9.59 Å². The minimum absolute atomic E-state index is 0.00244. The lowest BCUT2D eigenvalue weighted by Crippen LogP contribution is -2.41. The first-order chi connectivity index (χ1) is 17.1. The largest absolute Gasteiger partial charge is 0.365 e. The molecule has 35 heavy (non-hydrogen) atoms.